The first kappa shape index (κ1) is 14.9. The van der Waals surface area contributed by atoms with Gasteiger partial charge in [0.25, 0.3) is 5.91 Å². The van der Waals surface area contributed by atoms with Crippen LogP contribution in [0.15, 0.2) is 36.4 Å². The number of nitrogen functional groups attached to an aromatic ring is 1. The summed E-state index contributed by atoms with van der Waals surface area (Å²) in [4.78, 5) is 11.9. The molecule has 2 aromatic carbocycles. The van der Waals surface area contributed by atoms with Crippen LogP contribution in [-0.2, 0) is 4.79 Å². The Morgan fingerprint density at radius 1 is 1.10 bits per heavy atom. The van der Waals surface area contributed by atoms with Gasteiger partial charge in [0, 0.05) is 11.4 Å². The van der Waals surface area contributed by atoms with Crippen molar-refractivity contribution in [2.75, 3.05) is 17.7 Å². The normalized spacial score (nSPS) is 10.2. The van der Waals surface area contributed by atoms with E-state index in [2.05, 4.69) is 11.4 Å². The van der Waals surface area contributed by atoms with Gasteiger partial charge in [-0.3, -0.25) is 4.79 Å². The Hall–Kier alpha value is -2.49. The lowest BCUT2D eigenvalue weighted by molar-refractivity contribution is -0.118. The number of carbonyl (C=O) groups is 1. The molecule has 0 fully saturated rings. The van der Waals surface area contributed by atoms with Crippen LogP contribution in [0.3, 0.4) is 0 Å². The molecule has 0 aromatic heterocycles. The van der Waals surface area contributed by atoms with Crippen molar-refractivity contribution in [3.8, 4) is 5.75 Å². The van der Waals surface area contributed by atoms with Crippen LogP contribution < -0.4 is 15.8 Å². The van der Waals surface area contributed by atoms with Crippen molar-refractivity contribution in [1.82, 2.24) is 0 Å². The number of benzene rings is 2. The van der Waals surface area contributed by atoms with Gasteiger partial charge in [-0.15, -0.1) is 0 Å². The van der Waals surface area contributed by atoms with E-state index in [1.165, 1.54) is 0 Å². The number of aryl methyl sites for hydroxylation is 3. The third-order valence-corrected chi connectivity index (χ3v) is 3.09. The first-order valence-corrected chi connectivity index (χ1v) is 6.81. The highest BCUT2D eigenvalue weighted by molar-refractivity contribution is 5.92. The lowest BCUT2D eigenvalue weighted by Crippen LogP contribution is -2.20. The lowest BCUT2D eigenvalue weighted by atomic mass is 10.1. The second kappa shape index (κ2) is 6.31. The third kappa shape index (κ3) is 4.24. The number of ether oxygens (including phenoxy) is 1. The molecule has 2 rings (SSSR count). The zero-order chi connectivity index (χ0) is 15.4. The highest BCUT2D eigenvalue weighted by Gasteiger charge is 2.06. The van der Waals surface area contributed by atoms with Crippen LogP contribution in [0.2, 0.25) is 0 Å². The van der Waals surface area contributed by atoms with Crippen LogP contribution in [0, 0.1) is 20.8 Å². The summed E-state index contributed by atoms with van der Waals surface area (Å²) in [6.45, 7) is 5.87. The fourth-order valence-electron chi connectivity index (χ4n) is 2.18. The molecule has 0 aliphatic carbocycles. The summed E-state index contributed by atoms with van der Waals surface area (Å²) in [7, 11) is 0. The molecule has 21 heavy (non-hydrogen) atoms. The van der Waals surface area contributed by atoms with E-state index in [4.69, 9.17) is 10.5 Å². The van der Waals surface area contributed by atoms with Gasteiger partial charge in [-0.25, -0.2) is 0 Å². The molecule has 0 atom stereocenters. The Balaban J connectivity index is 1.95. The van der Waals surface area contributed by atoms with E-state index >= 15 is 0 Å². The van der Waals surface area contributed by atoms with Crippen LogP contribution in [0.25, 0.3) is 0 Å². The van der Waals surface area contributed by atoms with Crippen LogP contribution in [0.5, 0.6) is 5.75 Å². The number of rotatable bonds is 4. The quantitative estimate of drug-likeness (QED) is 0.847. The number of carbonyl (C=O) groups excluding carboxylic acids is 1. The van der Waals surface area contributed by atoms with E-state index < -0.39 is 0 Å². The van der Waals surface area contributed by atoms with Crippen LogP contribution in [0.4, 0.5) is 11.4 Å². The highest BCUT2D eigenvalue weighted by Crippen LogP contribution is 2.18. The van der Waals surface area contributed by atoms with Crippen LogP contribution >= 0.6 is 0 Å². The van der Waals surface area contributed by atoms with E-state index in [1.54, 1.807) is 12.1 Å². The maximum Gasteiger partial charge on any atom is 0.262 e. The van der Waals surface area contributed by atoms with Gasteiger partial charge in [-0.2, -0.15) is 0 Å². The van der Waals surface area contributed by atoms with Crippen LogP contribution in [0.1, 0.15) is 16.7 Å². The topological polar surface area (TPSA) is 64.3 Å². The van der Waals surface area contributed by atoms with Crippen LogP contribution in [-0.4, -0.2) is 12.5 Å². The molecule has 0 unspecified atom stereocenters. The first-order chi connectivity index (χ1) is 9.94. The molecule has 0 aliphatic rings. The lowest BCUT2D eigenvalue weighted by Gasteiger charge is -2.11. The molecular weight excluding hydrogens is 264 g/mol. The Kier molecular flexibility index (Phi) is 4.48. The Labute approximate surface area is 124 Å². The summed E-state index contributed by atoms with van der Waals surface area (Å²) in [5.41, 5.74) is 10.3. The number of anilines is 2. The molecule has 0 saturated heterocycles. The summed E-state index contributed by atoms with van der Waals surface area (Å²) >= 11 is 0. The molecule has 0 spiro atoms. The average Bonchev–Trinajstić information content (AvgIpc) is 2.39. The minimum Gasteiger partial charge on any atom is -0.484 e. The van der Waals surface area contributed by atoms with Crippen molar-refractivity contribution < 1.29 is 9.53 Å². The summed E-state index contributed by atoms with van der Waals surface area (Å²) in [5.74, 6) is 0.513. The summed E-state index contributed by atoms with van der Waals surface area (Å²) in [6, 6.07) is 11.3. The number of amides is 1. The van der Waals surface area contributed by atoms with E-state index in [1.807, 2.05) is 39.0 Å². The molecule has 4 heteroatoms. The van der Waals surface area contributed by atoms with Crippen molar-refractivity contribution in [2.45, 2.75) is 20.8 Å². The highest BCUT2D eigenvalue weighted by atomic mass is 16.5. The Morgan fingerprint density at radius 3 is 2.38 bits per heavy atom. The molecule has 110 valence electrons. The van der Waals surface area contributed by atoms with E-state index in [0.717, 1.165) is 22.4 Å². The van der Waals surface area contributed by atoms with E-state index in [-0.39, 0.29) is 12.5 Å². The van der Waals surface area contributed by atoms with Crippen molar-refractivity contribution in [1.29, 1.82) is 0 Å². The van der Waals surface area contributed by atoms with Crippen molar-refractivity contribution in [3.63, 3.8) is 0 Å². The van der Waals surface area contributed by atoms with Gasteiger partial charge in [0.15, 0.2) is 6.61 Å². The second-order valence-electron chi connectivity index (χ2n) is 5.23. The van der Waals surface area contributed by atoms with Gasteiger partial charge < -0.3 is 15.8 Å². The SMILES string of the molecule is Cc1cc(C)cc(OCC(=O)Nc2ccc(N)cc2C)c1. The van der Waals surface area contributed by atoms with Gasteiger partial charge in [-0.1, -0.05) is 6.07 Å². The largest absolute Gasteiger partial charge is 0.484 e. The summed E-state index contributed by atoms with van der Waals surface area (Å²) in [6.07, 6.45) is 0. The second-order valence-corrected chi connectivity index (χ2v) is 5.23. The number of nitrogens with one attached hydrogen (secondary N) is 1. The smallest absolute Gasteiger partial charge is 0.262 e. The molecule has 2 aromatic rings. The minimum atomic E-state index is -0.193. The fraction of sp³-hybridized carbons (Fsp3) is 0.235. The van der Waals surface area contributed by atoms with Crippen molar-refractivity contribution >= 4 is 17.3 Å². The van der Waals surface area contributed by atoms with Crippen molar-refractivity contribution in [3.05, 3.63) is 53.1 Å². The molecule has 0 bridgehead atoms. The average molecular weight is 284 g/mol. The number of nitrogens with two attached hydrogens (primary N) is 1. The van der Waals surface area contributed by atoms with Gasteiger partial charge in [0.2, 0.25) is 0 Å². The molecule has 3 N–H and O–H groups in total. The molecule has 0 heterocycles. The van der Waals surface area contributed by atoms with Gasteiger partial charge in [0.1, 0.15) is 5.75 Å². The number of hydrogen-bond donors (Lipinski definition) is 2. The fourth-order valence-corrected chi connectivity index (χ4v) is 2.18. The minimum absolute atomic E-state index is 0.0211. The maximum absolute atomic E-state index is 11.9. The molecule has 0 saturated carbocycles. The Morgan fingerprint density at radius 2 is 1.76 bits per heavy atom. The monoisotopic (exact) mass is 284 g/mol. The maximum atomic E-state index is 11.9. The predicted octanol–water partition coefficient (Wildman–Crippen LogP) is 3.21. The standard InChI is InChI=1S/C17H20N2O2/c1-11-6-12(2)8-15(7-11)21-10-17(20)19-16-5-4-14(18)9-13(16)3/h4-9H,10,18H2,1-3H3,(H,19,20). The van der Waals surface area contributed by atoms with Gasteiger partial charge in [-0.05, 0) is 67.8 Å². The Bertz CT molecular complexity index is 646. The van der Waals surface area contributed by atoms with E-state index in [0.29, 0.717) is 11.4 Å². The van der Waals surface area contributed by atoms with E-state index in [9.17, 15) is 4.79 Å². The molecule has 0 aliphatic heterocycles. The predicted molar refractivity (Wildman–Crippen MR) is 85.6 cm³/mol. The summed E-state index contributed by atoms with van der Waals surface area (Å²) in [5, 5.41) is 2.82. The molecule has 0 radical (unpaired) electrons. The first-order valence-electron chi connectivity index (χ1n) is 6.81. The molecule has 1 amide bonds. The third-order valence-electron chi connectivity index (χ3n) is 3.09. The van der Waals surface area contributed by atoms with Gasteiger partial charge in [0.05, 0.1) is 0 Å². The van der Waals surface area contributed by atoms with Crippen molar-refractivity contribution in [2.24, 2.45) is 0 Å². The zero-order valence-corrected chi connectivity index (χ0v) is 12.6. The number of hydrogen-bond acceptors (Lipinski definition) is 3. The molecule has 4 nitrogen and oxygen atoms in total. The molecular formula is C17H20N2O2. The summed E-state index contributed by atoms with van der Waals surface area (Å²) < 4.78 is 5.53. The van der Waals surface area contributed by atoms with Gasteiger partial charge >= 0.3 is 0 Å². The zero-order valence-electron chi connectivity index (χ0n) is 12.6.